The molecular formula is C14H16BrNO2. The van der Waals surface area contributed by atoms with E-state index in [1.54, 1.807) is 0 Å². The number of nitrogens with one attached hydrogen (secondary N) is 1. The molecule has 1 heterocycles. The minimum atomic E-state index is -0.0463. The molecule has 0 aliphatic carbocycles. The molecule has 0 fully saturated rings. The molecular weight excluding hydrogens is 294 g/mol. The van der Waals surface area contributed by atoms with E-state index in [9.17, 15) is 4.79 Å². The molecule has 1 N–H and O–H groups in total. The Balaban J connectivity index is 2.19. The van der Waals surface area contributed by atoms with Crippen molar-refractivity contribution in [3.63, 3.8) is 0 Å². The third-order valence-corrected chi connectivity index (χ3v) is 3.46. The van der Waals surface area contributed by atoms with Gasteiger partial charge in [-0.25, -0.2) is 0 Å². The Kier molecular flexibility index (Phi) is 4.07. The molecule has 1 amide bonds. The van der Waals surface area contributed by atoms with Crippen LogP contribution in [-0.4, -0.2) is 18.6 Å². The second-order valence-corrected chi connectivity index (χ2v) is 5.34. The van der Waals surface area contributed by atoms with Crippen LogP contribution in [0.25, 0.3) is 6.08 Å². The van der Waals surface area contributed by atoms with Crippen molar-refractivity contribution in [2.24, 2.45) is 0 Å². The second kappa shape index (κ2) is 5.57. The molecule has 1 aromatic carbocycles. The van der Waals surface area contributed by atoms with E-state index < -0.39 is 0 Å². The van der Waals surface area contributed by atoms with Crippen LogP contribution in [0.1, 0.15) is 25.8 Å². The molecule has 1 aliphatic rings. The zero-order chi connectivity index (χ0) is 13.1. The van der Waals surface area contributed by atoms with Crippen LogP contribution in [0.4, 0.5) is 0 Å². The van der Waals surface area contributed by atoms with Crippen molar-refractivity contribution in [2.75, 3.05) is 6.61 Å². The van der Waals surface area contributed by atoms with Gasteiger partial charge >= 0.3 is 0 Å². The first-order valence-electron chi connectivity index (χ1n) is 6.04. The summed E-state index contributed by atoms with van der Waals surface area (Å²) in [6.45, 7) is 4.37. The van der Waals surface area contributed by atoms with Gasteiger partial charge in [0, 0.05) is 16.1 Å². The molecule has 96 valence electrons. The van der Waals surface area contributed by atoms with Crippen LogP contribution >= 0.6 is 15.9 Å². The lowest BCUT2D eigenvalue weighted by Crippen LogP contribution is -2.35. The number of ether oxygens (including phenoxy) is 1. The van der Waals surface area contributed by atoms with Crippen LogP contribution in [0.15, 0.2) is 28.2 Å². The Labute approximate surface area is 115 Å². The van der Waals surface area contributed by atoms with Gasteiger partial charge in [0.25, 0.3) is 5.91 Å². The Bertz CT molecular complexity index is 497. The van der Waals surface area contributed by atoms with Gasteiger partial charge in [-0.1, -0.05) is 22.9 Å². The van der Waals surface area contributed by atoms with Crippen LogP contribution < -0.4 is 10.1 Å². The van der Waals surface area contributed by atoms with E-state index in [0.717, 1.165) is 22.2 Å². The largest absolute Gasteiger partial charge is 0.488 e. The van der Waals surface area contributed by atoms with Gasteiger partial charge in [-0.05, 0) is 37.6 Å². The number of rotatable bonds is 3. The Morgan fingerprint density at radius 3 is 3.06 bits per heavy atom. The van der Waals surface area contributed by atoms with Crippen molar-refractivity contribution >= 4 is 27.9 Å². The van der Waals surface area contributed by atoms with Gasteiger partial charge < -0.3 is 10.1 Å². The highest BCUT2D eigenvalue weighted by molar-refractivity contribution is 9.10. The second-order valence-electron chi connectivity index (χ2n) is 4.42. The molecule has 0 bridgehead atoms. The summed E-state index contributed by atoms with van der Waals surface area (Å²) in [7, 11) is 0. The molecule has 1 aliphatic heterocycles. The maximum Gasteiger partial charge on any atom is 0.250 e. The standard InChI is InChI=1S/C14H16BrNO2/c1-3-9(2)16-14(17)11-6-10-7-12(15)4-5-13(10)18-8-11/h4-7,9H,3,8H2,1-2H3,(H,16,17)/t9-/m1/s1. The summed E-state index contributed by atoms with van der Waals surface area (Å²) < 4.78 is 6.55. The van der Waals surface area contributed by atoms with Crippen molar-refractivity contribution in [1.82, 2.24) is 5.32 Å². The summed E-state index contributed by atoms with van der Waals surface area (Å²) in [4.78, 5) is 12.0. The monoisotopic (exact) mass is 309 g/mol. The van der Waals surface area contributed by atoms with Crippen molar-refractivity contribution in [1.29, 1.82) is 0 Å². The van der Waals surface area contributed by atoms with E-state index in [0.29, 0.717) is 12.2 Å². The van der Waals surface area contributed by atoms with Gasteiger partial charge in [0.05, 0.1) is 5.57 Å². The molecule has 1 aromatic rings. The van der Waals surface area contributed by atoms with Crippen molar-refractivity contribution in [3.05, 3.63) is 33.8 Å². The number of carbonyl (C=O) groups excluding carboxylic acids is 1. The fourth-order valence-corrected chi connectivity index (χ4v) is 2.08. The molecule has 0 radical (unpaired) electrons. The lowest BCUT2D eigenvalue weighted by molar-refractivity contribution is -0.118. The highest BCUT2D eigenvalue weighted by Crippen LogP contribution is 2.29. The van der Waals surface area contributed by atoms with E-state index in [4.69, 9.17) is 4.74 Å². The van der Waals surface area contributed by atoms with Gasteiger partial charge in [0.15, 0.2) is 0 Å². The molecule has 3 nitrogen and oxygen atoms in total. The predicted molar refractivity (Wildman–Crippen MR) is 75.5 cm³/mol. The zero-order valence-corrected chi connectivity index (χ0v) is 12.1. The summed E-state index contributed by atoms with van der Waals surface area (Å²) in [6.07, 6.45) is 2.81. The number of hydrogen-bond donors (Lipinski definition) is 1. The molecule has 0 aromatic heterocycles. The van der Waals surface area contributed by atoms with Crippen molar-refractivity contribution in [2.45, 2.75) is 26.3 Å². The summed E-state index contributed by atoms with van der Waals surface area (Å²) in [5, 5.41) is 2.95. The molecule has 1 atom stereocenters. The maximum atomic E-state index is 12.0. The van der Waals surface area contributed by atoms with E-state index >= 15 is 0 Å². The number of benzene rings is 1. The molecule has 4 heteroatoms. The average Bonchev–Trinajstić information content (AvgIpc) is 2.37. The first kappa shape index (κ1) is 13.1. The fraction of sp³-hybridized carbons (Fsp3) is 0.357. The lowest BCUT2D eigenvalue weighted by atomic mass is 10.1. The summed E-state index contributed by atoms with van der Waals surface area (Å²) in [5.41, 5.74) is 1.60. The topological polar surface area (TPSA) is 38.3 Å². The normalized spacial score (nSPS) is 15.2. The highest BCUT2D eigenvalue weighted by atomic mass is 79.9. The van der Waals surface area contributed by atoms with Crippen LogP contribution in [0, 0.1) is 0 Å². The molecule has 0 saturated carbocycles. The summed E-state index contributed by atoms with van der Waals surface area (Å²) in [6, 6.07) is 5.96. The molecule has 0 unspecified atom stereocenters. The average molecular weight is 310 g/mol. The molecule has 2 rings (SSSR count). The van der Waals surface area contributed by atoms with Gasteiger partial charge in [-0.2, -0.15) is 0 Å². The molecule has 18 heavy (non-hydrogen) atoms. The van der Waals surface area contributed by atoms with Gasteiger partial charge in [-0.3, -0.25) is 4.79 Å². The summed E-state index contributed by atoms with van der Waals surface area (Å²) in [5.74, 6) is 0.772. The summed E-state index contributed by atoms with van der Waals surface area (Å²) >= 11 is 3.41. The Morgan fingerprint density at radius 2 is 2.33 bits per heavy atom. The third kappa shape index (κ3) is 2.93. The molecule has 0 spiro atoms. The van der Waals surface area contributed by atoms with Gasteiger partial charge in [0.1, 0.15) is 12.4 Å². The van der Waals surface area contributed by atoms with E-state index in [1.807, 2.05) is 38.1 Å². The van der Waals surface area contributed by atoms with Gasteiger partial charge in [-0.15, -0.1) is 0 Å². The smallest absolute Gasteiger partial charge is 0.250 e. The van der Waals surface area contributed by atoms with Crippen molar-refractivity contribution < 1.29 is 9.53 Å². The van der Waals surface area contributed by atoms with Crippen LogP contribution in [0.5, 0.6) is 5.75 Å². The van der Waals surface area contributed by atoms with Crippen LogP contribution in [0.3, 0.4) is 0 Å². The zero-order valence-electron chi connectivity index (χ0n) is 10.5. The third-order valence-electron chi connectivity index (χ3n) is 2.97. The SMILES string of the molecule is CC[C@@H](C)NC(=O)C1=Cc2cc(Br)ccc2OC1. The van der Waals surface area contributed by atoms with Crippen LogP contribution in [-0.2, 0) is 4.79 Å². The first-order valence-corrected chi connectivity index (χ1v) is 6.83. The minimum Gasteiger partial charge on any atom is -0.488 e. The quantitative estimate of drug-likeness (QED) is 0.931. The number of carbonyl (C=O) groups is 1. The van der Waals surface area contributed by atoms with E-state index in [-0.39, 0.29) is 11.9 Å². The minimum absolute atomic E-state index is 0.0463. The number of hydrogen-bond acceptors (Lipinski definition) is 2. The highest BCUT2D eigenvalue weighted by Gasteiger charge is 2.18. The van der Waals surface area contributed by atoms with E-state index in [2.05, 4.69) is 21.2 Å². The number of fused-ring (bicyclic) bond motifs is 1. The maximum absolute atomic E-state index is 12.0. The first-order chi connectivity index (χ1) is 8.60. The van der Waals surface area contributed by atoms with E-state index in [1.165, 1.54) is 0 Å². The lowest BCUT2D eigenvalue weighted by Gasteiger charge is -2.19. The Hall–Kier alpha value is -1.29. The van der Waals surface area contributed by atoms with Crippen LogP contribution in [0.2, 0.25) is 0 Å². The number of halogens is 1. The molecule has 0 saturated heterocycles. The number of amides is 1. The Morgan fingerprint density at radius 1 is 1.56 bits per heavy atom. The predicted octanol–water partition coefficient (Wildman–Crippen LogP) is 3.14. The fourth-order valence-electron chi connectivity index (χ4n) is 1.70. The van der Waals surface area contributed by atoms with Crippen molar-refractivity contribution in [3.8, 4) is 5.75 Å². The van der Waals surface area contributed by atoms with Gasteiger partial charge in [0.2, 0.25) is 0 Å².